The van der Waals surface area contributed by atoms with Crippen LogP contribution in [0.1, 0.15) is 389 Å². The number of phosphoric acid groups is 2. The quantitative estimate of drug-likeness (QED) is 0.0222. The van der Waals surface area contributed by atoms with E-state index in [1.807, 2.05) is 0 Å². The summed E-state index contributed by atoms with van der Waals surface area (Å²) in [6.45, 7) is 14.2. The predicted octanol–water partition coefficient (Wildman–Crippen LogP) is 22.4. The molecule has 570 valence electrons. The van der Waals surface area contributed by atoms with Crippen LogP contribution in [-0.4, -0.2) is 96.7 Å². The summed E-state index contributed by atoms with van der Waals surface area (Å²) in [5.41, 5.74) is 0. The molecule has 0 amide bonds. The second-order valence-electron chi connectivity index (χ2n) is 29.4. The molecule has 0 fully saturated rings. The fourth-order valence-corrected chi connectivity index (χ4v) is 13.3. The van der Waals surface area contributed by atoms with E-state index in [1.165, 1.54) is 186 Å². The lowest BCUT2D eigenvalue weighted by Gasteiger charge is -2.21. The van der Waals surface area contributed by atoms with Gasteiger partial charge in [0.25, 0.3) is 0 Å². The van der Waals surface area contributed by atoms with Gasteiger partial charge in [0.05, 0.1) is 26.4 Å². The summed E-state index contributed by atoms with van der Waals surface area (Å²) in [7, 11) is -9.91. The number of aliphatic hydroxyl groups is 1. The first-order valence-corrected chi connectivity index (χ1v) is 42.7. The normalized spacial score (nSPS) is 14.4. The minimum atomic E-state index is -4.96. The summed E-state index contributed by atoms with van der Waals surface area (Å²) in [4.78, 5) is 72.8. The molecular formula is C77H150O17P2. The van der Waals surface area contributed by atoms with E-state index in [9.17, 15) is 43.2 Å². The number of unbranched alkanes of at least 4 members (excludes halogenated alkanes) is 39. The van der Waals surface area contributed by atoms with Crippen LogP contribution in [0, 0.1) is 23.7 Å². The molecule has 0 aromatic rings. The van der Waals surface area contributed by atoms with Crippen molar-refractivity contribution >= 4 is 39.5 Å². The number of esters is 4. The number of rotatable bonds is 74. The molecule has 0 saturated heterocycles. The first-order valence-electron chi connectivity index (χ1n) is 39.7. The second kappa shape index (κ2) is 66.3. The van der Waals surface area contributed by atoms with Crippen LogP contribution in [0.5, 0.6) is 0 Å². The molecule has 4 unspecified atom stereocenters. The Morgan fingerprint density at radius 2 is 0.500 bits per heavy atom. The standard InChI is InChI=1S/C77H150O17P2/c1-9-70(8)56-48-40-32-26-27-35-44-52-60-77(82)94-72(63-87-74(79)57-49-41-33-24-20-16-12-10-14-18-22-29-37-45-53-67(2)3)65-91-95(83,84)89-61-71(78)62-90-96(85,86)92-66-73(64-88-75(80)58-50-42-36-28-31-39-47-55-69(6)7)93-76(81)59-51-43-34-25-21-17-13-11-15-19-23-30-38-46-54-68(4)5/h67-73,78H,9-66H2,1-8H3,(H,83,84)(H,85,86)/t70?,71?,72-,73-/m1/s1. The van der Waals surface area contributed by atoms with Crippen LogP contribution in [0.4, 0.5) is 0 Å². The van der Waals surface area contributed by atoms with Gasteiger partial charge in [-0.25, -0.2) is 9.13 Å². The van der Waals surface area contributed by atoms with E-state index < -0.39 is 97.5 Å². The third kappa shape index (κ3) is 69.2. The Balaban J connectivity index is 5.22. The Labute approximate surface area is 588 Å². The molecule has 0 aliphatic heterocycles. The molecule has 0 aliphatic carbocycles. The summed E-state index contributed by atoms with van der Waals surface area (Å²) < 4.78 is 68.6. The molecule has 0 spiro atoms. The van der Waals surface area contributed by atoms with Crippen LogP contribution >= 0.6 is 15.6 Å². The molecule has 0 aliphatic rings. The first-order chi connectivity index (χ1) is 46.1. The van der Waals surface area contributed by atoms with Crippen LogP contribution in [0.25, 0.3) is 0 Å². The van der Waals surface area contributed by atoms with Gasteiger partial charge in [0.2, 0.25) is 0 Å². The Hall–Kier alpha value is -1.94. The van der Waals surface area contributed by atoms with Gasteiger partial charge in [-0.15, -0.1) is 0 Å². The topological polar surface area (TPSA) is 237 Å². The van der Waals surface area contributed by atoms with E-state index >= 15 is 0 Å². The number of ether oxygens (including phenoxy) is 4. The van der Waals surface area contributed by atoms with Gasteiger partial charge in [-0.05, 0) is 49.4 Å². The average molecular weight is 1410 g/mol. The molecule has 0 saturated carbocycles. The number of hydrogen-bond acceptors (Lipinski definition) is 15. The second-order valence-corrected chi connectivity index (χ2v) is 32.3. The number of aliphatic hydroxyl groups excluding tert-OH is 1. The third-order valence-corrected chi connectivity index (χ3v) is 20.1. The molecule has 0 bridgehead atoms. The van der Waals surface area contributed by atoms with Gasteiger partial charge in [-0.1, -0.05) is 338 Å². The minimum Gasteiger partial charge on any atom is -0.462 e. The highest BCUT2D eigenvalue weighted by Gasteiger charge is 2.30. The summed E-state index contributed by atoms with van der Waals surface area (Å²) in [6, 6.07) is 0. The highest BCUT2D eigenvalue weighted by molar-refractivity contribution is 7.47. The highest BCUT2D eigenvalue weighted by atomic mass is 31.2. The van der Waals surface area contributed by atoms with Gasteiger partial charge in [-0.3, -0.25) is 37.3 Å². The van der Waals surface area contributed by atoms with Crippen molar-refractivity contribution in [1.82, 2.24) is 0 Å². The Morgan fingerprint density at radius 1 is 0.292 bits per heavy atom. The van der Waals surface area contributed by atoms with Crippen LogP contribution in [0.15, 0.2) is 0 Å². The zero-order chi connectivity index (χ0) is 71.0. The monoisotopic (exact) mass is 1410 g/mol. The van der Waals surface area contributed by atoms with E-state index in [4.69, 9.17) is 37.0 Å². The molecule has 96 heavy (non-hydrogen) atoms. The van der Waals surface area contributed by atoms with Gasteiger partial charge in [0, 0.05) is 25.7 Å². The van der Waals surface area contributed by atoms with Crippen molar-refractivity contribution in [2.45, 2.75) is 408 Å². The lowest BCUT2D eigenvalue weighted by atomic mass is 9.99. The van der Waals surface area contributed by atoms with Gasteiger partial charge in [0.1, 0.15) is 19.3 Å². The van der Waals surface area contributed by atoms with Crippen molar-refractivity contribution in [3.63, 3.8) is 0 Å². The molecule has 0 aromatic carbocycles. The molecule has 19 heteroatoms. The van der Waals surface area contributed by atoms with Gasteiger partial charge in [0.15, 0.2) is 12.2 Å². The van der Waals surface area contributed by atoms with Crippen LogP contribution in [0.2, 0.25) is 0 Å². The number of hydrogen-bond donors (Lipinski definition) is 3. The zero-order valence-electron chi connectivity index (χ0n) is 63.0. The zero-order valence-corrected chi connectivity index (χ0v) is 64.8. The smallest absolute Gasteiger partial charge is 0.462 e. The lowest BCUT2D eigenvalue weighted by molar-refractivity contribution is -0.161. The van der Waals surface area contributed by atoms with Crippen LogP contribution in [-0.2, 0) is 65.4 Å². The molecule has 6 atom stereocenters. The van der Waals surface area contributed by atoms with Crippen molar-refractivity contribution in [1.29, 1.82) is 0 Å². The van der Waals surface area contributed by atoms with E-state index in [0.29, 0.717) is 31.6 Å². The molecule has 0 radical (unpaired) electrons. The van der Waals surface area contributed by atoms with Crippen molar-refractivity contribution < 1.29 is 80.2 Å². The lowest BCUT2D eigenvalue weighted by Crippen LogP contribution is -2.30. The van der Waals surface area contributed by atoms with E-state index in [2.05, 4.69) is 55.4 Å². The number of carbonyl (C=O) groups excluding carboxylic acids is 4. The van der Waals surface area contributed by atoms with E-state index in [1.54, 1.807) is 0 Å². The number of carbonyl (C=O) groups is 4. The van der Waals surface area contributed by atoms with E-state index in [-0.39, 0.29) is 25.7 Å². The van der Waals surface area contributed by atoms with Gasteiger partial charge >= 0.3 is 39.5 Å². The molecule has 0 heterocycles. The van der Waals surface area contributed by atoms with Gasteiger partial charge in [-0.2, -0.15) is 0 Å². The summed E-state index contributed by atoms with van der Waals surface area (Å²) in [6.07, 6.45) is 51.4. The van der Waals surface area contributed by atoms with Crippen molar-refractivity contribution in [3.8, 4) is 0 Å². The predicted molar refractivity (Wildman–Crippen MR) is 391 cm³/mol. The van der Waals surface area contributed by atoms with E-state index in [0.717, 1.165) is 114 Å². The van der Waals surface area contributed by atoms with Crippen LogP contribution in [0.3, 0.4) is 0 Å². The molecular weight excluding hydrogens is 1260 g/mol. The molecule has 0 rings (SSSR count). The number of phosphoric ester groups is 2. The first kappa shape index (κ1) is 94.1. The Morgan fingerprint density at radius 3 is 0.740 bits per heavy atom. The van der Waals surface area contributed by atoms with Crippen molar-refractivity contribution in [2.75, 3.05) is 39.6 Å². The molecule has 17 nitrogen and oxygen atoms in total. The third-order valence-electron chi connectivity index (χ3n) is 18.2. The SMILES string of the molecule is CCC(C)CCCCCCCCCCC(=O)O[C@H](COC(=O)CCCCCCCCCCCCCCCCC(C)C)COP(=O)(O)OCC(O)COP(=O)(O)OC[C@@H](COC(=O)CCCCCCCCCC(C)C)OC(=O)CCCCCCCCCCCCCCCCC(C)C. The van der Waals surface area contributed by atoms with Crippen molar-refractivity contribution in [3.05, 3.63) is 0 Å². The maximum atomic E-state index is 13.1. The maximum Gasteiger partial charge on any atom is 0.472 e. The summed E-state index contributed by atoms with van der Waals surface area (Å²) in [5, 5.41) is 10.6. The highest BCUT2D eigenvalue weighted by Crippen LogP contribution is 2.45. The van der Waals surface area contributed by atoms with Gasteiger partial charge < -0.3 is 33.8 Å². The average Bonchev–Trinajstić information content (AvgIpc) is 1.21. The molecule has 3 N–H and O–H groups in total. The van der Waals surface area contributed by atoms with Crippen molar-refractivity contribution in [2.24, 2.45) is 23.7 Å². The largest absolute Gasteiger partial charge is 0.472 e. The summed E-state index contributed by atoms with van der Waals surface area (Å²) >= 11 is 0. The maximum absolute atomic E-state index is 13.1. The summed E-state index contributed by atoms with van der Waals surface area (Å²) in [5.74, 6) is 0.948. The Bertz CT molecular complexity index is 1890. The fraction of sp³-hybridized carbons (Fsp3) is 0.948. The minimum absolute atomic E-state index is 0.105. The fourth-order valence-electron chi connectivity index (χ4n) is 11.7. The Kier molecular flexibility index (Phi) is 65.0. The van der Waals surface area contributed by atoms with Crippen LogP contribution < -0.4 is 0 Å². The molecule has 0 aromatic heterocycles.